The first-order chi connectivity index (χ1) is 14.3. The minimum absolute atomic E-state index is 0.179. The van der Waals surface area contributed by atoms with Gasteiger partial charge in [-0.3, -0.25) is 14.7 Å². The van der Waals surface area contributed by atoms with Crippen LogP contribution in [0, 0.1) is 0 Å². The maximum atomic E-state index is 12.6. The molecule has 1 aromatic carbocycles. The van der Waals surface area contributed by atoms with E-state index in [-0.39, 0.29) is 12.0 Å². The Morgan fingerprint density at radius 3 is 2.72 bits per heavy atom. The van der Waals surface area contributed by atoms with E-state index in [9.17, 15) is 4.79 Å². The number of ether oxygens (including phenoxy) is 2. The molecule has 4 rings (SSSR count). The molecule has 3 heterocycles. The zero-order chi connectivity index (χ0) is 19.9. The normalized spacial score (nSPS) is 20.4. The van der Waals surface area contributed by atoms with Crippen molar-refractivity contribution in [3.05, 3.63) is 59.9 Å². The van der Waals surface area contributed by atoms with Crippen LogP contribution in [-0.4, -0.2) is 59.6 Å². The Bertz CT molecular complexity index is 776. The second-order valence-electron chi connectivity index (χ2n) is 7.71. The summed E-state index contributed by atoms with van der Waals surface area (Å²) in [6.45, 7) is 5.60. The van der Waals surface area contributed by atoms with Crippen molar-refractivity contribution >= 4 is 5.91 Å². The fraction of sp³-hybridized carbons (Fsp3) is 0.478. The summed E-state index contributed by atoms with van der Waals surface area (Å²) in [5.41, 5.74) is 2.18. The number of rotatable bonds is 6. The standard InChI is InChI=1S/C23H29N3O3/c27-23(22-6-3-16-28-22)26-13-4-12-25(14-15-26)17-19-7-9-21(10-8-19)29-18-20-5-1-2-11-24-20/h1-2,5,7-11,22H,3-4,6,12-18H2. The predicted octanol–water partition coefficient (Wildman–Crippen LogP) is 2.87. The number of amides is 1. The van der Waals surface area contributed by atoms with Crippen LogP contribution >= 0.6 is 0 Å². The number of aromatic nitrogens is 1. The fourth-order valence-electron chi connectivity index (χ4n) is 3.92. The molecule has 29 heavy (non-hydrogen) atoms. The van der Waals surface area contributed by atoms with Crippen molar-refractivity contribution in [2.45, 2.75) is 38.5 Å². The quantitative estimate of drug-likeness (QED) is 0.753. The van der Waals surface area contributed by atoms with Gasteiger partial charge in [0, 0.05) is 45.5 Å². The summed E-state index contributed by atoms with van der Waals surface area (Å²) < 4.78 is 11.4. The lowest BCUT2D eigenvalue weighted by Crippen LogP contribution is -2.41. The predicted molar refractivity (Wildman–Crippen MR) is 110 cm³/mol. The third-order valence-corrected chi connectivity index (χ3v) is 5.55. The monoisotopic (exact) mass is 395 g/mol. The molecule has 1 unspecified atom stereocenters. The fourth-order valence-corrected chi connectivity index (χ4v) is 3.92. The van der Waals surface area contributed by atoms with Gasteiger partial charge in [0.2, 0.25) is 0 Å². The van der Waals surface area contributed by atoms with Crippen LogP contribution in [0.1, 0.15) is 30.5 Å². The van der Waals surface area contributed by atoms with Gasteiger partial charge in [-0.25, -0.2) is 0 Å². The van der Waals surface area contributed by atoms with Crippen LogP contribution < -0.4 is 4.74 Å². The summed E-state index contributed by atoms with van der Waals surface area (Å²) in [6, 6.07) is 14.1. The summed E-state index contributed by atoms with van der Waals surface area (Å²) in [7, 11) is 0. The molecule has 2 aliphatic heterocycles. The van der Waals surface area contributed by atoms with Crippen molar-refractivity contribution in [2.75, 3.05) is 32.8 Å². The van der Waals surface area contributed by atoms with Crippen molar-refractivity contribution in [1.29, 1.82) is 0 Å². The lowest BCUT2D eigenvalue weighted by molar-refractivity contribution is -0.140. The summed E-state index contributed by atoms with van der Waals surface area (Å²) in [5.74, 6) is 1.03. The number of nitrogens with zero attached hydrogens (tertiary/aromatic N) is 3. The molecule has 1 aromatic heterocycles. The average molecular weight is 396 g/mol. The minimum atomic E-state index is -0.208. The van der Waals surface area contributed by atoms with Crippen molar-refractivity contribution in [3.63, 3.8) is 0 Å². The highest BCUT2D eigenvalue weighted by atomic mass is 16.5. The first-order valence-electron chi connectivity index (χ1n) is 10.5. The minimum Gasteiger partial charge on any atom is -0.487 e. The van der Waals surface area contributed by atoms with Gasteiger partial charge in [0.25, 0.3) is 5.91 Å². The summed E-state index contributed by atoms with van der Waals surface area (Å²) >= 11 is 0. The maximum Gasteiger partial charge on any atom is 0.251 e. The van der Waals surface area contributed by atoms with E-state index in [1.807, 2.05) is 35.2 Å². The molecule has 2 fully saturated rings. The summed E-state index contributed by atoms with van der Waals surface area (Å²) in [5, 5.41) is 0. The van der Waals surface area contributed by atoms with Crippen LogP contribution in [0.2, 0.25) is 0 Å². The number of pyridine rings is 1. The molecule has 0 aliphatic carbocycles. The zero-order valence-electron chi connectivity index (χ0n) is 16.8. The second kappa shape index (κ2) is 9.85. The Kier molecular flexibility index (Phi) is 6.75. The van der Waals surface area contributed by atoms with E-state index in [1.54, 1.807) is 6.20 Å². The number of hydrogen-bond donors (Lipinski definition) is 0. The zero-order valence-corrected chi connectivity index (χ0v) is 16.8. The number of carbonyl (C=O) groups excluding carboxylic acids is 1. The third kappa shape index (κ3) is 5.55. The van der Waals surface area contributed by atoms with E-state index in [1.165, 1.54) is 5.56 Å². The van der Waals surface area contributed by atoms with E-state index in [0.717, 1.165) is 70.0 Å². The lowest BCUT2D eigenvalue weighted by atomic mass is 10.2. The van der Waals surface area contributed by atoms with Gasteiger partial charge in [0.1, 0.15) is 18.5 Å². The van der Waals surface area contributed by atoms with Crippen LogP contribution in [-0.2, 0) is 22.7 Å². The average Bonchev–Trinajstić information content (AvgIpc) is 3.21. The SMILES string of the molecule is O=C(C1CCCO1)N1CCCN(Cc2ccc(OCc3ccccn3)cc2)CC1. The van der Waals surface area contributed by atoms with E-state index in [4.69, 9.17) is 9.47 Å². The maximum absolute atomic E-state index is 12.6. The second-order valence-corrected chi connectivity index (χ2v) is 7.71. The Hall–Kier alpha value is -2.44. The van der Waals surface area contributed by atoms with Gasteiger partial charge >= 0.3 is 0 Å². The smallest absolute Gasteiger partial charge is 0.251 e. The van der Waals surface area contributed by atoms with Crippen molar-refractivity contribution in [1.82, 2.24) is 14.8 Å². The molecule has 0 saturated carbocycles. The molecular weight excluding hydrogens is 366 g/mol. The first-order valence-corrected chi connectivity index (χ1v) is 10.5. The number of hydrogen-bond acceptors (Lipinski definition) is 5. The molecule has 6 nitrogen and oxygen atoms in total. The van der Waals surface area contributed by atoms with Crippen LogP contribution in [0.3, 0.4) is 0 Å². The highest BCUT2D eigenvalue weighted by molar-refractivity contribution is 5.81. The Morgan fingerprint density at radius 2 is 1.97 bits per heavy atom. The van der Waals surface area contributed by atoms with Crippen LogP contribution in [0.15, 0.2) is 48.7 Å². The largest absolute Gasteiger partial charge is 0.487 e. The molecule has 1 amide bonds. The number of benzene rings is 1. The van der Waals surface area contributed by atoms with E-state index in [0.29, 0.717) is 6.61 Å². The molecule has 2 saturated heterocycles. The van der Waals surface area contributed by atoms with E-state index < -0.39 is 0 Å². The Morgan fingerprint density at radius 1 is 1.07 bits per heavy atom. The van der Waals surface area contributed by atoms with Crippen molar-refractivity contribution < 1.29 is 14.3 Å². The molecule has 154 valence electrons. The Balaban J connectivity index is 1.25. The van der Waals surface area contributed by atoms with Crippen LogP contribution in [0.5, 0.6) is 5.75 Å². The first kappa shape index (κ1) is 19.9. The molecule has 2 aliphatic rings. The van der Waals surface area contributed by atoms with Gasteiger partial charge in [-0.15, -0.1) is 0 Å². The molecule has 6 heteroatoms. The van der Waals surface area contributed by atoms with Gasteiger partial charge in [-0.1, -0.05) is 18.2 Å². The van der Waals surface area contributed by atoms with Gasteiger partial charge < -0.3 is 14.4 Å². The molecule has 0 bridgehead atoms. The van der Waals surface area contributed by atoms with E-state index in [2.05, 4.69) is 22.0 Å². The van der Waals surface area contributed by atoms with Crippen LogP contribution in [0.25, 0.3) is 0 Å². The van der Waals surface area contributed by atoms with Gasteiger partial charge in [0.05, 0.1) is 5.69 Å². The molecule has 0 spiro atoms. The highest BCUT2D eigenvalue weighted by Gasteiger charge is 2.29. The van der Waals surface area contributed by atoms with Crippen molar-refractivity contribution in [2.24, 2.45) is 0 Å². The lowest BCUT2D eigenvalue weighted by Gasteiger charge is -2.24. The molecule has 2 aromatic rings. The summed E-state index contributed by atoms with van der Waals surface area (Å²) in [6.07, 6.45) is 4.44. The molecular formula is C23H29N3O3. The topological polar surface area (TPSA) is 54.9 Å². The molecule has 1 atom stereocenters. The van der Waals surface area contributed by atoms with Crippen LogP contribution in [0.4, 0.5) is 0 Å². The molecule has 0 radical (unpaired) electrons. The highest BCUT2D eigenvalue weighted by Crippen LogP contribution is 2.18. The van der Waals surface area contributed by atoms with Gasteiger partial charge in [-0.2, -0.15) is 0 Å². The van der Waals surface area contributed by atoms with Crippen molar-refractivity contribution in [3.8, 4) is 5.75 Å². The van der Waals surface area contributed by atoms with E-state index >= 15 is 0 Å². The molecule has 0 N–H and O–H groups in total. The Labute approximate surface area is 172 Å². The third-order valence-electron chi connectivity index (χ3n) is 5.55. The van der Waals surface area contributed by atoms with Gasteiger partial charge in [-0.05, 0) is 49.1 Å². The van der Waals surface area contributed by atoms with Gasteiger partial charge in [0.15, 0.2) is 0 Å². The number of carbonyl (C=O) groups is 1. The summed E-state index contributed by atoms with van der Waals surface area (Å²) in [4.78, 5) is 21.3.